The smallest absolute Gasteiger partial charge is 0.100 e. The highest BCUT2D eigenvalue weighted by atomic mass is 15.2. The zero-order valence-corrected chi connectivity index (χ0v) is 13.1. The molecule has 0 heterocycles. The molecule has 0 fully saturated rings. The van der Waals surface area contributed by atoms with Gasteiger partial charge in [0.05, 0.1) is 5.71 Å². The molecule has 0 bridgehead atoms. The molecule has 0 saturated heterocycles. The van der Waals surface area contributed by atoms with Crippen molar-refractivity contribution < 1.29 is 0 Å². The largest absolute Gasteiger partial charge is 0.155 e. The fourth-order valence-electron chi connectivity index (χ4n) is 2.34. The zero-order valence-electron chi connectivity index (χ0n) is 13.1. The van der Waals surface area contributed by atoms with E-state index in [1.165, 1.54) is 0 Å². The van der Waals surface area contributed by atoms with Gasteiger partial charge in [0.2, 0.25) is 0 Å². The Morgan fingerprint density at radius 2 is 0.913 bits per heavy atom. The minimum absolute atomic E-state index is 0.876. The van der Waals surface area contributed by atoms with Crippen LogP contribution in [0.2, 0.25) is 0 Å². The molecule has 0 saturated carbocycles. The first-order valence-corrected chi connectivity index (χ1v) is 7.63. The second kappa shape index (κ2) is 7.32. The van der Waals surface area contributed by atoms with E-state index in [4.69, 9.17) is 0 Å². The molecule has 3 aromatic carbocycles. The van der Waals surface area contributed by atoms with Crippen LogP contribution in [0.5, 0.6) is 0 Å². The highest BCUT2D eigenvalue weighted by Crippen LogP contribution is 2.12. The van der Waals surface area contributed by atoms with Crippen LogP contribution < -0.4 is 0 Å². The van der Waals surface area contributed by atoms with Gasteiger partial charge in [0.15, 0.2) is 0 Å². The maximum absolute atomic E-state index is 4.55. The Morgan fingerprint density at radius 1 is 0.522 bits per heavy atom. The number of nitrogens with zero attached hydrogens (tertiary/aromatic N) is 2. The van der Waals surface area contributed by atoms with Crippen molar-refractivity contribution in [3.63, 3.8) is 0 Å². The summed E-state index contributed by atoms with van der Waals surface area (Å²) in [5.74, 6) is 0. The maximum Gasteiger partial charge on any atom is 0.100 e. The molecule has 0 amide bonds. The zero-order chi connectivity index (χ0) is 15.9. The first-order chi connectivity index (χ1) is 11.3. The van der Waals surface area contributed by atoms with Crippen LogP contribution >= 0.6 is 0 Å². The molecule has 3 aromatic rings. The molecule has 0 radical (unpaired) electrons. The monoisotopic (exact) mass is 298 g/mol. The van der Waals surface area contributed by atoms with Crippen molar-refractivity contribution in [1.82, 2.24) is 0 Å². The van der Waals surface area contributed by atoms with Crippen molar-refractivity contribution in [2.45, 2.75) is 6.92 Å². The summed E-state index contributed by atoms with van der Waals surface area (Å²) < 4.78 is 0. The fourth-order valence-corrected chi connectivity index (χ4v) is 2.34. The molecular formula is C21H18N2. The molecule has 0 aliphatic heterocycles. The minimum Gasteiger partial charge on any atom is -0.155 e. The molecule has 23 heavy (non-hydrogen) atoms. The van der Waals surface area contributed by atoms with E-state index in [0.717, 1.165) is 28.1 Å². The van der Waals surface area contributed by atoms with Crippen LogP contribution in [0.4, 0.5) is 0 Å². The molecule has 0 N–H and O–H groups in total. The van der Waals surface area contributed by atoms with Crippen molar-refractivity contribution in [2.24, 2.45) is 10.2 Å². The van der Waals surface area contributed by atoms with Crippen molar-refractivity contribution in [1.29, 1.82) is 0 Å². The third-order valence-corrected chi connectivity index (χ3v) is 3.59. The van der Waals surface area contributed by atoms with Crippen LogP contribution in [-0.4, -0.2) is 11.4 Å². The van der Waals surface area contributed by atoms with E-state index in [9.17, 15) is 0 Å². The molecule has 0 aliphatic rings. The molecule has 0 unspecified atom stereocenters. The van der Waals surface area contributed by atoms with Crippen LogP contribution in [0.15, 0.2) is 101 Å². The van der Waals surface area contributed by atoms with E-state index >= 15 is 0 Å². The Morgan fingerprint density at radius 3 is 1.35 bits per heavy atom. The van der Waals surface area contributed by atoms with Gasteiger partial charge >= 0.3 is 0 Å². The lowest BCUT2D eigenvalue weighted by molar-refractivity contribution is 1.22. The van der Waals surface area contributed by atoms with Gasteiger partial charge < -0.3 is 0 Å². The Kier molecular flexibility index (Phi) is 4.75. The van der Waals surface area contributed by atoms with Gasteiger partial charge in [0.1, 0.15) is 5.71 Å². The maximum atomic E-state index is 4.55. The standard InChI is InChI=1S/C21H18N2/c1-17(18-11-5-2-6-12-18)22-23-21(19-13-7-3-8-14-19)20-15-9-4-10-16-20/h2-16H,1H3/b22-17+. The summed E-state index contributed by atoms with van der Waals surface area (Å²) in [5.41, 5.74) is 4.97. The average molecular weight is 298 g/mol. The van der Waals surface area contributed by atoms with E-state index in [2.05, 4.69) is 34.5 Å². The summed E-state index contributed by atoms with van der Waals surface area (Å²) in [5, 5.41) is 9.00. The summed E-state index contributed by atoms with van der Waals surface area (Å²) in [6.07, 6.45) is 0. The van der Waals surface area contributed by atoms with E-state index in [-0.39, 0.29) is 0 Å². The van der Waals surface area contributed by atoms with Gasteiger partial charge in [-0.2, -0.15) is 5.10 Å². The average Bonchev–Trinajstić information content (AvgIpc) is 2.64. The van der Waals surface area contributed by atoms with Gasteiger partial charge in [0.25, 0.3) is 0 Å². The predicted octanol–water partition coefficient (Wildman–Crippen LogP) is 4.95. The van der Waals surface area contributed by atoms with Gasteiger partial charge in [-0.3, -0.25) is 0 Å². The second-order valence-corrected chi connectivity index (χ2v) is 5.23. The Bertz CT molecular complexity index is 763. The van der Waals surface area contributed by atoms with Crippen molar-refractivity contribution in [3.05, 3.63) is 108 Å². The molecule has 0 aliphatic carbocycles. The summed E-state index contributed by atoms with van der Waals surface area (Å²) in [6.45, 7) is 1.98. The van der Waals surface area contributed by atoms with Crippen LogP contribution in [0, 0.1) is 0 Å². The quantitative estimate of drug-likeness (QED) is 0.481. The molecule has 3 rings (SSSR count). The fraction of sp³-hybridized carbons (Fsp3) is 0.0476. The molecule has 2 heteroatoms. The lowest BCUT2D eigenvalue weighted by Crippen LogP contribution is -2.03. The third kappa shape index (κ3) is 3.80. The summed E-state index contributed by atoms with van der Waals surface area (Å²) in [6, 6.07) is 30.4. The van der Waals surface area contributed by atoms with E-state index < -0.39 is 0 Å². The minimum atomic E-state index is 0.876. The van der Waals surface area contributed by atoms with Crippen LogP contribution in [0.25, 0.3) is 0 Å². The summed E-state index contributed by atoms with van der Waals surface area (Å²) >= 11 is 0. The first-order valence-electron chi connectivity index (χ1n) is 7.63. The van der Waals surface area contributed by atoms with Gasteiger partial charge in [-0.25, -0.2) is 0 Å². The van der Waals surface area contributed by atoms with Crippen molar-refractivity contribution >= 4 is 11.4 Å². The van der Waals surface area contributed by atoms with Crippen LogP contribution in [-0.2, 0) is 0 Å². The number of rotatable bonds is 4. The van der Waals surface area contributed by atoms with E-state index in [1.54, 1.807) is 0 Å². The van der Waals surface area contributed by atoms with Gasteiger partial charge in [0, 0.05) is 11.1 Å². The van der Waals surface area contributed by atoms with Gasteiger partial charge in [-0.1, -0.05) is 91.0 Å². The molecular weight excluding hydrogens is 280 g/mol. The van der Waals surface area contributed by atoms with Gasteiger partial charge in [-0.05, 0) is 12.5 Å². The molecule has 112 valence electrons. The molecule has 0 atom stereocenters. The Hall–Kier alpha value is -3.00. The summed E-state index contributed by atoms with van der Waals surface area (Å²) in [4.78, 5) is 0. The second-order valence-electron chi connectivity index (χ2n) is 5.23. The predicted molar refractivity (Wildman–Crippen MR) is 97.2 cm³/mol. The lowest BCUT2D eigenvalue weighted by Gasteiger charge is -2.06. The number of hydrogen-bond acceptors (Lipinski definition) is 2. The highest BCUT2D eigenvalue weighted by Gasteiger charge is 2.06. The Balaban J connectivity index is 2.02. The third-order valence-electron chi connectivity index (χ3n) is 3.59. The number of benzene rings is 3. The van der Waals surface area contributed by atoms with Crippen molar-refractivity contribution in [3.8, 4) is 0 Å². The number of hydrogen-bond donors (Lipinski definition) is 0. The van der Waals surface area contributed by atoms with Crippen LogP contribution in [0.1, 0.15) is 23.6 Å². The van der Waals surface area contributed by atoms with E-state index in [0.29, 0.717) is 0 Å². The van der Waals surface area contributed by atoms with E-state index in [1.807, 2.05) is 73.7 Å². The van der Waals surface area contributed by atoms with Crippen LogP contribution in [0.3, 0.4) is 0 Å². The molecule has 0 spiro atoms. The SMILES string of the molecule is C/C(=N\N=C(c1ccccc1)c1ccccc1)c1ccccc1. The summed E-state index contributed by atoms with van der Waals surface area (Å²) in [7, 11) is 0. The normalized spacial score (nSPS) is 11.1. The highest BCUT2D eigenvalue weighted by molar-refractivity contribution is 6.13. The first kappa shape index (κ1) is 14.9. The topological polar surface area (TPSA) is 24.7 Å². The van der Waals surface area contributed by atoms with Crippen molar-refractivity contribution in [2.75, 3.05) is 0 Å². The van der Waals surface area contributed by atoms with Gasteiger partial charge in [-0.15, -0.1) is 5.10 Å². The molecule has 0 aromatic heterocycles. The Labute approximate surface area is 136 Å². The lowest BCUT2D eigenvalue weighted by atomic mass is 10.0. The molecule has 2 nitrogen and oxygen atoms in total.